The lowest BCUT2D eigenvalue weighted by molar-refractivity contribution is -0.135. The van der Waals surface area contributed by atoms with E-state index < -0.39 is 24.3 Å². The average Bonchev–Trinajstić information content (AvgIpc) is 4.12. The summed E-state index contributed by atoms with van der Waals surface area (Å²) in [7, 11) is 1.27. The molecular weight excluding hydrogens is 753 g/mol. The SMILES string of the molecule is COC(=O)N[C@@H](C(=O)N1CCC[C@H]1c1ncc(-c2ccc(-c3cnc(-c4cnc([C@@H]5CCCN5C(=O)[C@H](NC(=O)O)c5ccccc5)[nH]4)cn3)cc2)[nH]1)c1ccccc1. The molecule has 0 aliphatic carbocycles. The number of H-pyrrole nitrogens is 2. The van der Waals surface area contributed by atoms with Crippen molar-refractivity contribution in [1.82, 2.24) is 50.3 Å². The second kappa shape index (κ2) is 17.0. The highest BCUT2D eigenvalue weighted by molar-refractivity contribution is 5.88. The maximum absolute atomic E-state index is 13.9. The van der Waals surface area contributed by atoms with Gasteiger partial charge in [-0.15, -0.1) is 0 Å². The Kier molecular flexibility index (Phi) is 11.1. The Labute approximate surface area is 339 Å². The first-order valence-electron chi connectivity index (χ1n) is 19.3. The molecule has 16 nitrogen and oxygen atoms in total. The number of rotatable bonds is 11. The monoisotopic (exact) mass is 794 g/mol. The molecule has 5 heterocycles. The highest BCUT2D eigenvalue weighted by Gasteiger charge is 2.38. The summed E-state index contributed by atoms with van der Waals surface area (Å²) in [6.07, 6.45) is 7.78. The highest BCUT2D eigenvalue weighted by atomic mass is 16.5. The van der Waals surface area contributed by atoms with Gasteiger partial charge in [0.15, 0.2) is 0 Å². The number of imidazole rings is 2. The summed E-state index contributed by atoms with van der Waals surface area (Å²) in [6.45, 7) is 1.01. The Hall–Kier alpha value is -7.36. The van der Waals surface area contributed by atoms with Gasteiger partial charge in [0.1, 0.15) is 29.4 Å². The van der Waals surface area contributed by atoms with Crippen LogP contribution in [-0.2, 0) is 14.3 Å². The summed E-state index contributed by atoms with van der Waals surface area (Å²) in [4.78, 5) is 80.2. The van der Waals surface area contributed by atoms with Crippen LogP contribution in [-0.4, -0.2) is 89.0 Å². The number of hydrogen-bond donors (Lipinski definition) is 5. The van der Waals surface area contributed by atoms with Crippen LogP contribution in [0.5, 0.6) is 0 Å². The standard InChI is InChI=1S/C43H42N10O6/c1-59-43(58)51-37(29-12-6-3-7-13-29)41(55)53-21-8-14-34(53)38-46-23-31(48-38)27-18-16-26(17-19-27)30-22-45-32(24-44-30)33-25-47-39(49-33)35-15-9-20-52(35)40(54)36(50-42(56)57)28-10-4-2-5-11-28/h2-7,10-13,16-19,22-25,34-37,50H,8-9,14-15,20-21H2,1H3,(H,46,48)(H,47,49)(H,51,58)(H,56,57)/t34-,35-,36+,37+/m0/s1. The molecule has 8 rings (SSSR count). The second-order valence-corrected chi connectivity index (χ2v) is 14.4. The third-order valence-electron chi connectivity index (χ3n) is 10.8. The number of hydrogen-bond acceptors (Lipinski definition) is 9. The molecular formula is C43H42N10O6. The van der Waals surface area contributed by atoms with E-state index in [-0.39, 0.29) is 23.9 Å². The number of nitrogens with zero attached hydrogens (tertiary/aromatic N) is 6. The van der Waals surface area contributed by atoms with Crippen LogP contribution in [0.15, 0.2) is 110 Å². The first-order chi connectivity index (χ1) is 28.8. The molecule has 2 saturated heterocycles. The van der Waals surface area contributed by atoms with Gasteiger partial charge in [-0.05, 0) is 42.4 Å². The van der Waals surface area contributed by atoms with Gasteiger partial charge < -0.3 is 40.2 Å². The number of carbonyl (C=O) groups is 4. The van der Waals surface area contributed by atoms with Gasteiger partial charge in [0.2, 0.25) is 0 Å². The Morgan fingerprint density at radius 2 is 1.14 bits per heavy atom. The molecule has 0 spiro atoms. The van der Waals surface area contributed by atoms with Crippen molar-refractivity contribution >= 4 is 24.0 Å². The van der Waals surface area contributed by atoms with E-state index in [0.29, 0.717) is 59.4 Å². The molecule has 16 heteroatoms. The molecule has 2 fully saturated rings. The van der Waals surface area contributed by atoms with Gasteiger partial charge in [-0.25, -0.2) is 19.6 Å². The minimum Gasteiger partial charge on any atom is -0.465 e. The van der Waals surface area contributed by atoms with Gasteiger partial charge in [-0.1, -0.05) is 84.9 Å². The van der Waals surface area contributed by atoms with Crippen LogP contribution in [0, 0.1) is 0 Å². The summed E-state index contributed by atoms with van der Waals surface area (Å²) in [5.41, 5.74) is 5.68. The maximum Gasteiger partial charge on any atom is 0.407 e. The van der Waals surface area contributed by atoms with E-state index in [0.717, 1.165) is 36.1 Å². The Bertz CT molecular complexity index is 2420. The van der Waals surface area contributed by atoms with Crippen LogP contribution in [0.25, 0.3) is 33.9 Å². The fraction of sp³-hybridized carbons (Fsp3) is 0.256. The Balaban J connectivity index is 0.928. The van der Waals surface area contributed by atoms with Gasteiger partial charge in [0.05, 0.1) is 61.1 Å². The predicted molar refractivity (Wildman–Crippen MR) is 215 cm³/mol. The molecule has 0 unspecified atom stereocenters. The van der Waals surface area contributed by atoms with Crippen molar-refractivity contribution in [2.75, 3.05) is 20.2 Å². The van der Waals surface area contributed by atoms with Crippen molar-refractivity contribution < 1.29 is 29.0 Å². The van der Waals surface area contributed by atoms with E-state index in [1.807, 2.05) is 48.5 Å². The van der Waals surface area contributed by atoms with Crippen LogP contribution in [0.3, 0.4) is 0 Å². The Morgan fingerprint density at radius 1 is 0.644 bits per heavy atom. The van der Waals surface area contributed by atoms with Crippen LogP contribution in [0.2, 0.25) is 0 Å². The molecule has 0 saturated carbocycles. The number of nitrogens with one attached hydrogen (secondary N) is 4. The minimum atomic E-state index is -1.28. The first kappa shape index (κ1) is 38.5. The number of carboxylic acid groups (broad SMARTS) is 1. The van der Waals surface area contributed by atoms with Crippen molar-refractivity contribution in [3.63, 3.8) is 0 Å². The third kappa shape index (κ3) is 8.23. The van der Waals surface area contributed by atoms with Crippen molar-refractivity contribution in [3.8, 4) is 33.9 Å². The molecule has 5 N–H and O–H groups in total. The molecule has 59 heavy (non-hydrogen) atoms. The van der Waals surface area contributed by atoms with E-state index in [4.69, 9.17) is 4.74 Å². The summed E-state index contributed by atoms with van der Waals surface area (Å²) in [5.74, 6) is 0.694. The summed E-state index contributed by atoms with van der Waals surface area (Å²) in [6, 6.07) is 23.2. The van der Waals surface area contributed by atoms with Gasteiger partial charge in [-0.2, -0.15) is 0 Å². The fourth-order valence-corrected chi connectivity index (χ4v) is 7.85. The smallest absolute Gasteiger partial charge is 0.407 e. The van der Waals surface area contributed by atoms with Crippen molar-refractivity contribution in [2.24, 2.45) is 0 Å². The second-order valence-electron chi connectivity index (χ2n) is 14.4. The normalized spacial score (nSPS) is 17.3. The number of likely N-dealkylation sites (tertiary alicyclic amines) is 2. The first-order valence-corrected chi connectivity index (χ1v) is 19.3. The summed E-state index contributed by atoms with van der Waals surface area (Å²) in [5, 5.41) is 14.6. The van der Waals surface area contributed by atoms with E-state index in [1.165, 1.54) is 7.11 Å². The van der Waals surface area contributed by atoms with Crippen LogP contribution >= 0.6 is 0 Å². The number of aromatic nitrogens is 6. The minimum absolute atomic E-state index is 0.233. The number of ether oxygens (including phenoxy) is 1. The number of methoxy groups -OCH3 is 1. The van der Waals surface area contributed by atoms with Gasteiger partial charge >= 0.3 is 12.2 Å². The fourth-order valence-electron chi connectivity index (χ4n) is 7.85. The zero-order valence-electron chi connectivity index (χ0n) is 32.1. The van der Waals surface area contributed by atoms with Crippen LogP contribution in [0.4, 0.5) is 9.59 Å². The maximum atomic E-state index is 13.9. The molecule has 2 aliphatic heterocycles. The molecule has 4 atom stereocenters. The van der Waals surface area contributed by atoms with Crippen LogP contribution < -0.4 is 10.6 Å². The topological polar surface area (TPSA) is 211 Å². The number of carbonyl (C=O) groups excluding carboxylic acids is 3. The zero-order chi connectivity index (χ0) is 40.9. The zero-order valence-corrected chi connectivity index (χ0v) is 32.1. The van der Waals surface area contributed by atoms with E-state index >= 15 is 0 Å². The molecule has 6 aromatic rings. The molecule has 300 valence electrons. The summed E-state index contributed by atoms with van der Waals surface area (Å²) < 4.78 is 4.81. The molecule has 3 aromatic carbocycles. The number of alkyl carbamates (subject to hydrolysis) is 1. The van der Waals surface area contributed by atoms with Gasteiger partial charge in [0.25, 0.3) is 11.8 Å². The lowest BCUT2D eigenvalue weighted by Gasteiger charge is -2.28. The summed E-state index contributed by atoms with van der Waals surface area (Å²) >= 11 is 0. The number of aromatic amines is 2. The lowest BCUT2D eigenvalue weighted by Crippen LogP contribution is -2.42. The quantitative estimate of drug-likeness (QED) is 0.0980. The largest absolute Gasteiger partial charge is 0.465 e. The van der Waals surface area contributed by atoms with Crippen molar-refractivity contribution in [1.29, 1.82) is 0 Å². The van der Waals surface area contributed by atoms with E-state index in [2.05, 4.69) is 40.5 Å². The molecule has 3 aromatic heterocycles. The van der Waals surface area contributed by atoms with E-state index in [9.17, 15) is 24.3 Å². The van der Waals surface area contributed by atoms with Crippen molar-refractivity contribution in [2.45, 2.75) is 49.9 Å². The van der Waals surface area contributed by atoms with Gasteiger partial charge in [0, 0.05) is 18.7 Å². The number of amides is 4. The highest BCUT2D eigenvalue weighted by Crippen LogP contribution is 2.36. The molecule has 0 bridgehead atoms. The molecule has 4 amide bonds. The van der Waals surface area contributed by atoms with E-state index in [1.54, 1.807) is 71.0 Å². The third-order valence-corrected chi connectivity index (χ3v) is 10.8. The molecule has 2 aliphatic rings. The predicted octanol–water partition coefficient (Wildman–Crippen LogP) is 6.36. The van der Waals surface area contributed by atoms with Crippen LogP contribution in [0.1, 0.15) is 72.6 Å². The Morgan fingerprint density at radius 3 is 1.66 bits per heavy atom. The lowest BCUT2D eigenvalue weighted by atomic mass is 10.1. The van der Waals surface area contributed by atoms with Crippen molar-refractivity contribution in [3.05, 3.63) is 132 Å². The average molecular weight is 795 g/mol. The van der Waals surface area contributed by atoms with Gasteiger partial charge in [-0.3, -0.25) is 19.6 Å². The number of benzene rings is 3. The molecule has 0 radical (unpaired) electrons.